The molecule has 1 aromatic carbocycles. The van der Waals surface area contributed by atoms with E-state index in [1.165, 1.54) is 18.4 Å². The minimum Gasteiger partial charge on any atom is -0.296 e. The molecule has 6 heteroatoms. The largest absolute Gasteiger partial charge is 0.296 e. The van der Waals surface area contributed by atoms with Crippen LogP contribution >= 0.6 is 11.3 Å². The maximum Gasteiger partial charge on any atom is 0.181 e. The van der Waals surface area contributed by atoms with Crippen LogP contribution in [0.15, 0.2) is 35.2 Å². The smallest absolute Gasteiger partial charge is 0.181 e. The zero-order valence-corrected chi connectivity index (χ0v) is 14.8. The van der Waals surface area contributed by atoms with Crippen LogP contribution in [0.5, 0.6) is 0 Å². The van der Waals surface area contributed by atoms with Gasteiger partial charge >= 0.3 is 0 Å². The molecule has 4 rings (SSSR count). The Kier molecular flexibility index (Phi) is 4.16. The Bertz CT molecular complexity index is 803. The van der Waals surface area contributed by atoms with Crippen LogP contribution in [0.25, 0.3) is 11.4 Å². The lowest BCUT2D eigenvalue weighted by Gasteiger charge is -2.15. The Morgan fingerprint density at radius 1 is 1.21 bits per heavy atom. The molecule has 124 valence electrons. The minimum absolute atomic E-state index is 0.620. The molecule has 0 spiro atoms. The van der Waals surface area contributed by atoms with Gasteiger partial charge in [0.2, 0.25) is 0 Å². The highest BCUT2D eigenvalue weighted by Gasteiger charge is 2.29. The summed E-state index contributed by atoms with van der Waals surface area (Å²) in [6, 6.07) is 8.58. The molecule has 1 saturated carbocycles. The number of benzene rings is 1. The molecule has 2 aromatic heterocycles. The number of rotatable bonds is 6. The van der Waals surface area contributed by atoms with Crippen LogP contribution in [-0.2, 0) is 20.1 Å². The van der Waals surface area contributed by atoms with Crippen LogP contribution in [0.2, 0.25) is 0 Å². The number of hydrogen-bond acceptors (Lipinski definition) is 5. The fourth-order valence-corrected chi connectivity index (χ4v) is 3.48. The van der Waals surface area contributed by atoms with Crippen molar-refractivity contribution in [2.45, 2.75) is 31.8 Å². The van der Waals surface area contributed by atoms with Gasteiger partial charge in [-0.3, -0.25) is 9.58 Å². The van der Waals surface area contributed by atoms with E-state index in [1.54, 1.807) is 11.3 Å². The van der Waals surface area contributed by atoms with E-state index < -0.39 is 0 Å². The molecule has 0 radical (unpaired) electrons. The summed E-state index contributed by atoms with van der Waals surface area (Å²) < 4.78 is 1.93. The zero-order chi connectivity index (χ0) is 16.5. The number of aromatic nitrogens is 4. The zero-order valence-electron chi connectivity index (χ0n) is 14.0. The molecule has 0 N–H and O–H groups in total. The van der Waals surface area contributed by atoms with Gasteiger partial charge in [-0.2, -0.15) is 5.10 Å². The van der Waals surface area contributed by atoms with Gasteiger partial charge in [0.1, 0.15) is 5.82 Å². The lowest BCUT2D eigenvalue weighted by Crippen LogP contribution is -2.17. The third-order valence-corrected chi connectivity index (χ3v) is 4.95. The third kappa shape index (κ3) is 3.39. The fraction of sp³-hybridized carbons (Fsp3) is 0.389. The normalized spacial score (nSPS) is 14.5. The molecule has 0 aliphatic heterocycles. The van der Waals surface area contributed by atoms with Crippen molar-refractivity contribution in [3.8, 4) is 11.4 Å². The summed E-state index contributed by atoms with van der Waals surface area (Å²) in [4.78, 5) is 11.3. The second-order valence-corrected chi connectivity index (χ2v) is 7.26. The lowest BCUT2D eigenvalue weighted by atomic mass is 10.1. The Labute approximate surface area is 146 Å². The molecule has 1 aliphatic carbocycles. The van der Waals surface area contributed by atoms with Crippen molar-refractivity contribution in [2.75, 3.05) is 7.05 Å². The summed E-state index contributed by atoms with van der Waals surface area (Å²) in [5.74, 6) is 2.58. The van der Waals surface area contributed by atoms with E-state index in [-0.39, 0.29) is 0 Å². The molecule has 5 nitrogen and oxygen atoms in total. The van der Waals surface area contributed by atoms with Crippen LogP contribution < -0.4 is 0 Å². The van der Waals surface area contributed by atoms with Crippen LogP contribution in [0.1, 0.15) is 35.8 Å². The Hall–Kier alpha value is -2.05. The summed E-state index contributed by atoms with van der Waals surface area (Å²) in [5, 5.41) is 6.67. The maximum atomic E-state index is 4.72. The van der Waals surface area contributed by atoms with Crippen molar-refractivity contribution in [1.29, 1.82) is 0 Å². The fourth-order valence-electron chi connectivity index (χ4n) is 2.93. The first-order valence-electron chi connectivity index (χ1n) is 8.25. The topological polar surface area (TPSA) is 46.8 Å². The molecule has 1 aliphatic rings. The van der Waals surface area contributed by atoms with E-state index in [9.17, 15) is 0 Å². The first-order valence-corrected chi connectivity index (χ1v) is 9.19. The molecule has 0 amide bonds. The molecular formula is C18H21N5S. The molecule has 0 atom stereocenters. The minimum atomic E-state index is 0.620. The van der Waals surface area contributed by atoms with Crippen molar-refractivity contribution in [3.63, 3.8) is 0 Å². The molecule has 0 saturated heterocycles. The summed E-state index contributed by atoms with van der Waals surface area (Å²) in [5.41, 5.74) is 5.39. The number of nitrogens with zero attached hydrogens (tertiary/aromatic N) is 5. The van der Waals surface area contributed by atoms with Gasteiger partial charge in [0.05, 0.1) is 11.2 Å². The summed E-state index contributed by atoms with van der Waals surface area (Å²) in [7, 11) is 4.11. The average molecular weight is 339 g/mol. The molecule has 24 heavy (non-hydrogen) atoms. The molecular weight excluding hydrogens is 318 g/mol. The Morgan fingerprint density at radius 2 is 2.00 bits per heavy atom. The first kappa shape index (κ1) is 15.5. The number of thiazole rings is 1. The van der Waals surface area contributed by atoms with E-state index in [0.717, 1.165) is 36.0 Å². The number of aryl methyl sites for hydroxylation is 1. The van der Waals surface area contributed by atoms with Gasteiger partial charge in [0.25, 0.3) is 0 Å². The highest BCUT2D eigenvalue weighted by molar-refractivity contribution is 7.07. The second-order valence-electron chi connectivity index (χ2n) is 6.54. The van der Waals surface area contributed by atoms with Crippen LogP contribution in [0.4, 0.5) is 0 Å². The molecule has 0 unspecified atom stereocenters. The first-order chi connectivity index (χ1) is 11.7. The quantitative estimate of drug-likeness (QED) is 0.690. The Balaban J connectivity index is 1.43. The SMILES string of the molecule is CN(Cc1ccc(-c2nc(C3CC3)n(C)n2)cc1)Cc1cscn1. The Morgan fingerprint density at radius 3 is 2.67 bits per heavy atom. The van der Waals surface area contributed by atoms with Gasteiger partial charge in [-0.25, -0.2) is 9.97 Å². The van der Waals surface area contributed by atoms with Crippen molar-refractivity contribution >= 4 is 11.3 Å². The lowest BCUT2D eigenvalue weighted by molar-refractivity contribution is 0.316. The number of hydrogen-bond donors (Lipinski definition) is 0. The molecule has 0 bridgehead atoms. The summed E-state index contributed by atoms with van der Waals surface area (Å²) >= 11 is 1.64. The highest BCUT2D eigenvalue weighted by atomic mass is 32.1. The monoisotopic (exact) mass is 339 g/mol. The van der Waals surface area contributed by atoms with Crippen molar-refractivity contribution in [3.05, 3.63) is 52.2 Å². The van der Waals surface area contributed by atoms with E-state index in [2.05, 4.69) is 51.7 Å². The average Bonchev–Trinajstić information content (AvgIpc) is 3.15. The van der Waals surface area contributed by atoms with E-state index >= 15 is 0 Å². The maximum absolute atomic E-state index is 4.72. The van der Waals surface area contributed by atoms with E-state index in [4.69, 9.17) is 4.98 Å². The highest BCUT2D eigenvalue weighted by Crippen LogP contribution is 2.39. The van der Waals surface area contributed by atoms with E-state index in [1.807, 2.05) is 17.2 Å². The van der Waals surface area contributed by atoms with Gasteiger partial charge in [-0.1, -0.05) is 24.3 Å². The van der Waals surface area contributed by atoms with Crippen molar-refractivity contribution in [2.24, 2.45) is 7.05 Å². The predicted octanol–water partition coefficient (Wildman–Crippen LogP) is 3.45. The third-order valence-electron chi connectivity index (χ3n) is 4.32. The predicted molar refractivity (Wildman–Crippen MR) is 95.7 cm³/mol. The molecule has 3 aromatic rings. The van der Waals surface area contributed by atoms with Gasteiger partial charge in [0.15, 0.2) is 5.82 Å². The van der Waals surface area contributed by atoms with Crippen molar-refractivity contribution < 1.29 is 0 Å². The molecule has 1 fully saturated rings. The summed E-state index contributed by atoms with van der Waals surface area (Å²) in [6.07, 6.45) is 2.49. The van der Waals surface area contributed by atoms with Crippen molar-refractivity contribution in [1.82, 2.24) is 24.6 Å². The van der Waals surface area contributed by atoms with Gasteiger partial charge in [-0.05, 0) is 25.5 Å². The summed E-state index contributed by atoms with van der Waals surface area (Å²) in [6.45, 7) is 1.78. The molecule has 2 heterocycles. The van der Waals surface area contributed by atoms with Crippen LogP contribution in [0.3, 0.4) is 0 Å². The second kappa shape index (κ2) is 6.45. The standard InChI is InChI=1S/C18H21N5S/c1-22(10-16-11-24-12-19-16)9-13-3-5-14(6-4-13)17-20-18(15-7-8-15)23(2)21-17/h3-6,11-12,15H,7-10H2,1-2H3. The van der Waals surface area contributed by atoms with Crippen LogP contribution in [-0.4, -0.2) is 31.7 Å². The van der Waals surface area contributed by atoms with Gasteiger partial charge in [0, 0.05) is 37.0 Å². The van der Waals surface area contributed by atoms with E-state index in [0.29, 0.717) is 5.92 Å². The van der Waals surface area contributed by atoms with Gasteiger partial charge < -0.3 is 0 Å². The van der Waals surface area contributed by atoms with Gasteiger partial charge in [-0.15, -0.1) is 11.3 Å². The van der Waals surface area contributed by atoms with Crippen LogP contribution in [0, 0.1) is 0 Å².